The van der Waals surface area contributed by atoms with Crippen molar-refractivity contribution in [3.05, 3.63) is 53.8 Å². The van der Waals surface area contributed by atoms with Crippen LogP contribution in [-0.4, -0.2) is 34.9 Å². The average Bonchev–Trinajstić information content (AvgIpc) is 2.63. The number of nitrogens with one attached hydrogen (secondary N) is 1. The van der Waals surface area contributed by atoms with Gasteiger partial charge in [0.1, 0.15) is 30.3 Å². The van der Waals surface area contributed by atoms with E-state index in [9.17, 15) is 19.4 Å². The topological polar surface area (TPSA) is 114 Å². The van der Waals surface area contributed by atoms with Crippen molar-refractivity contribution in [3.8, 4) is 17.2 Å². The predicted octanol–water partition coefficient (Wildman–Crippen LogP) is 1.62. The molecule has 1 atom stereocenters. The van der Waals surface area contributed by atoms with Crippen LogP contribution < -0.4 is 16.0 Å². The number of rotatable bonds is 8. The van der Waals surface area contributed by atoms with Crippen LogP contribution in [0.4, 0.5) is 4.39 Å². The predicted molar refractivity (Wildman–Crippen MR) is 92.1 cm³/mol. The zero-order chi connectivity index (χ0) is 19.2. The monoisotopic (exact) mass is 364 g/mol. The number of halogens is 1. The molecule has 26 heavy (non-hydrogen) atoms. The number of phenolic OH excluding ortho intramolecular Hbond substituents is 2. The molecular weight excluding hydrogens is 343 g/mol. The van der Waals surface area contributed by atoms with E-state index in [-0.39, 0.29) is 37.0 Å². The lowest BCUT2D eigenvalue weighted by molar-refractivity contribution is -0.151. The summed E-state index contributed by atoms with van der Waals surface area (Å²) in [6, 6.07) is 9.71. The zero-order valence-corrected chi connectivity index (χ0v) is 14.2. The highest BCUT2D eigenvalue weighted by molar-refractivity contribution is 5.80. The Morgan fingerprint density at radius 3 is 2.46 bits per heavy atom. The van der Waals surface area contributed by atoms with Gasteiger partial charge in [0.15, 0.2) is 11.5 Å². The van der Waals surface area contributed by atoms with Gasteiger partial charge in [-0.1, -0.05) is 6.07 Å². The molecule has 2 rings (SSSR count). The van der Waals surface area contributed by atoms with Crippen molar-refractivity contribution in [3.63, 3.8) is 0 Å². The summed E-state index contributed by atoms with van der Waals surface area (Å²) >= 11 is 0. The minimum atomic E-state index is -1.24. The summed E-state index contributed by atoms with van der Waals surface area (Å²) in [6.45, 7) is 1.63. The Hall–Kier alpha value is -2.84. The second-order valence-electron chi connectivity index (χ2n) is 5.91. The number of benzene rings is 2. The molecule has 7 nitrogen and oxygen atoms in total. The van der Waals surface area contributed by atoms with Crippen molar-refractivity contribution in [2.75, 3.05) is 13.2 Å². The van der Waals surface area contributed by atoms with Crippen molar-refractivity contribution in [2.45, 2.75) is 18.9 Å². The second-order valence-corrected chi connectivity index (χ2v) is 5.91. The maximum Gasteiger partial charge on any atom is 0.327 e. The number of ether oxygens (including phenoxy) is 2. The summed E-state index contributed by atoms with van der Waals surface area (Å²) < 4.78 is 23.3. The molecule has 140 valence electrons. The Kier molecular flexibility index (Phi) is 6.37. The average molecular weight is 364 g/mol. The van der Waals surface area contributed by atoms with Crippen molar-refractivity contribution >= 4 is 5.97 Å². The SMILES string of the molecule is CC(Cc1ccc(O)c(O)c1)(NN)C(=O)OCCOc1ccc(F)cc1. The molecule has 2 aromatic carbocycles. The quantitative estimate of drug-likeness (QED) is 0.185. The number of hydrogen-bond donors (Lipinski definition) is 4. The lowest BCUT2D eigenvalue weighted by Gasteiger charge is -2.26. The molecule has 0 aliphatic heterocycles. The third-order valence-electron chi connectivity index (χ3n) is 3.77. The Bertz CT molecular complexity index is 754. The highest BCUT2D eigenvalue weighted by atomic mass is 19.1. The smallest absolute Gasteiger partial charge is 0.327 e. The first-order chi connectivity index (χ1) is 12.3. The van der Waals surface area contributed by atoms with Gasteiger partial charge in [-0.15, -0.1) is 0 Å². The van der Waals surface area contributed by atoms with E-state index in [0.29, 0.717) is 11.3 Å². The van der Waals surface area contributed by atoms with Crippen molar-refractivity contribution in [1.29, 1.82) is 0 Å². The highest BCUT2D eigenvalue weighted by Gasteiger charge is 2.34. The van der Waals surface area contributed by atoms with Crippen LogP contribution in [0.2, 0.25) is 0 Å². The lowest BCUT2D eigenvalue weighted by atomic mass is 9.93. The second kappa shape index (κ2) is 8.50. The van der Waals surface area contributed by atoms with Gasteiger partial charge in [0.25, 0.3) is 0 Å². The first-order valence-electron chi connectivity index (χ1n) is 7.88. The summed E-state index contributed by atoms with van der Waals surface area (Å²) in [7, 11) is 0. The number of esters is 1. The maximum atomic E-state index is 12.8. The van der Waals surface area contributed by atoms with Crippen molar-refractivity contribution < 1.29 is 28.9 Å². The molecule has 8 heteroatoms. The number of carbonyl (C=O) groups excluding carboxylic acids is 1. The molecular formula is C18H21FN2O5. The van der Waals surface area contributed by atoms with E-state index >= 15 is 0 Å². The van der Waals surface area contributed by atoms with E-state index in [1.807, 2.05) is 0 Å². The Morgan fingerprint density at radius 2 is 1.85 bits per heavy atom. The molecule has 1 unspecified atom stereocenters. The number of hydrazine groups is 1. The number of phenols is 2. The van der Waals surface area contributed by atoms with Crippen LogP contribution in [-0.2, 0) is 16.0 Å². The van der Waals surface area contributed by atoms with Crippen LogP contribution in [0.25, 0.3) is 0 Å². The fourth-order valence-electron chi connectivity index (χ4n) is 2.25. The molecule has 5 N–H and O–H groups in total. The summed E-state index contributed by atoms with van der Waals surface area (Å²) in [6.07, 6.45) is 0.134. The van der Waals surface area contributed by atoms with E-state index in [4.69, 9.17) is 15.3 Å². The molecule has 0 heterocycles. The molecule has 0 bridgehead atoms. The van der Waals surface area contributed by atoms with Crippen molar-refractivity contribution in [1.82, 2.24) is 5.43 Å². The molecule has 0 saturated heterocycles. The summed E-state index contributed by atoms with van der Waals surface area (Å²) in [5, 5.41) is 18.9. The summed E-state index contributed by atoms with van der Waals surface area (Å²) in [5.74, 6) is 4.45. The van der Waals surface area contributed by atoms with E-state index < -0.39 is 11.5 Å². The van der Waals surface area contributed by atoms with E-state index in [1.165, 1.54) is 36.4 Å². The normalized spacial score (nSPS) is 13.0. The molecule has 0 aromatic heterocycles. The van der Waals surface area contributed by atoms with Gasteiger partial charge in [-0.3, -0.25) is 5.84 Å². The van der Waals surface area contributed by atoms with Gasteiger partial charge in [-0.2, -0.15) is 0 Å². The summed E-state index contributed by atoms with van der Waals surface area (Å²) in [4.78, 5) is 12.3. The van der Waals surface area contributed by atoms with Gasteiger partial charge in [-0.25, -0.2) is 14.6 Å². The van der Waals surface area contributed by atoms with Gasteiger partial charge in [0.2, 0.25) is 0 Å². The van der Waals surface area contributed by atoms with E-state index in [2.05, 4.69) is 5.43 Å². The molecule has 0 fully saturated rings. The Labute approximate surface area is 150 Å². The first kappa shape index (κ1) is 19.5. The zero-order valence-electron chi connectivity index (χ0n) is 14.2. The first-order valence-corrected chi connectivity index (χ1v) is 7.88. The number of aromatic hydroxyl groups is 2. The summed E-state index contributed by atoms with van der Waals surface area (Å²) in [5.41, 5.74) is 1.77. The molecule has 0 saturated carbocycles. The molecule has 0 aliphatic rings. The van der Waals surface area contributed by atoms with Crippen LogP contribution in [0, 0.1) is 5.82 Å². The molecule has 0 aliphatic carbocycles. The molecule has 2 aromatic rings. The van der Waals surface area contributed by atoms with Gasteiger partial charge in [0.05, 0.1) is 0 Å². The van der Waals surface area contributed by atoms with E-state index in [1.54, 1.807) is 13.0 Å². The third kappa shape index (κ3) is 5.08. The molecule has 0 radical (unpaired) electrons. The largest absolute Gasteiger partial charge is 0.504 e. The van der Waals surface area contributed by atoms with E-state index in [0.717, 1.165) is 0 Å². The Balaban J connectivity index is 1.87. The third-order valence-corrected chi connectivity index (χ3v) is 3.77. The van der Waals surface area contributed by atoms with Gasteiger partial charge >= 0.3 is 5.97 Å². The van der Waals surface area contributed by atoms with Crippen LogP contribution in [0.5, 0.6) is 17.2 Å². The standard InChI is InChI=1S/C18H21FN2O5/c1-18(21-20,11-12-2-7-15(22)16(23)10-12)17(24)26-9-8-25-14-5-3-13(19)4-6-14/h2-7,10,21-23H,8-9,11,20H2,1H3. The molecule has 0 spiro atoms. The van der Waals surface area contributed by atoms with Gasteiger partial charge in [0, 0.05) is 6.42 Å². The highest BCUT2D eigenvalue weighted by Crippen LogP contribution is 2.27. The number of nitrogens with two attached hydrogens (primary N) is 1. The van der Waals surface area contributed by atoms with Crippen LogP contribution in [0.15, 0.2) is 42.5 Å². The molecule has 0 amide bonds. The maximum absolute atomic E-state index is 12.8. The fourth-order valence-corrected chi connectivity index (χ4v) is 2.25. The fraction of sp³-hybridized carbons (Fsp3) is 0.278. The number of hydrogen-bond acceptors (Lipinski definition) is 7. The van der Waals surface area contributed by atoms with Crippen LogP contribution in [0.3, 0.4) is 0 Å². The minimum Gasteiger partial charge on any atom is -0.504 e. The van der Waals surface area contributed by atoms with Gasteiger partial charge in [-0.05, 0) is 48.9 Å². The minimum absolute atomic E-state index is 0.0195. The van der Waals surface area contributed by atoms with Gasteiger partial charge < -0.3 is 19.7 Å². The number of carbonyl (C=O) groups is 1. The van der Waals surface area contributed by atoms with Crippen LogP contribution in [0.1, 0.15) is 12.5 Å². The van der Waals surface area contributed by atoms with Crippen molar-refractivity contribution in [2.24, 2.45) is 5.84 Å². The van der Waals surface area contributed by atoms with Crippen LogP contribution >= 0.6 is 0 Å². The lowest BCUT2D eigenvalue weighted by Crippen LogP contribution is -2.55. The Morgan fingerprint density at radius 1 is 1.15 bits per heavy atom.